The quantitative estimate of drug-likeness (QED) is 0.300. The summed E-state index contributed by atoms with van der Waals surface area (Å²) < 4.78 is 4.59. The minimum absolute atomic E-state index is 0.000679. The maximum Gasteiger partial charge on any atom is 0.439 e. The van der Waals surface area contributed by atoms with Gasteiger partial charge in [0.05, 0.1) is 17.9 Å². The molecule has 1 aromatic heterocycles. The van der Waals surface area contributed by atoms with Crippen LogP contribution < -0.4 is 16.0 Å². The number of amides is 3. The van der Waals surface area contributed by atoms with E-state index in [4.69, 9.17) is 5.10 Å². The van der Waals surface area contributed by atoms with E-state index < -0.39 is 17.7 Å². The van der Waals surface area contributed by atoms with E-state index in [2.05, 4.69) is 20.0 Å². The monoisotopic (exact) mass is 586 g/mol. The van der Waals surface area contributed by atoms with E-state index in [-0.39, 0.29) is 36.5 Å². The second kappa shape index (κ2) is 13.6. The Morgan fingerprint density at radius 2 is 1.84 bits per heavy atom. The van der Waals surface area contributed by atoms with Crippen molar-refractivity contribution in [3.05, 3.63) is 64.6 Å². The molecular formula is C32H38N6O5. The van der Waals surface area contributed by atoms with Gasteiger partial charge in [-0.05, 0) is 43.9 Å². The van der Waals surface area contributed by atoms with Crippen LogP contribution in [0.4, 0.5) is 16.2 Å². The molecule has 11 nitrogen and oxygen atoms in total. The van der Waals surface area contributed by atoms with Gasteiger partial charge in [0.15, 0.2) is 11.6 Å². The zero-order valence-corrected chi connectivity index (χ0v) is 24.7. The summed E-state index contributed by atoms with van der Waals surface area (Å²) in [6.45, 7) is 3.61. The summed E-state index contributed by atoms with van der Waals surface area (Å²) in [5, 5.41) is 12.6. The van der Waals surface area contributed by atoms with E-state index >= 15 is 0 Å². The number of urea groups is 1. The molecule has 0 saturated heterocycles. The lowest BCUT2D eigenvalue weighted by Gasteiger charge is -2.27. The summed E-state index contributed by atoms with van der Waals surface area (Å²) in [5.74, 6) is -0.901. The first-order valence-corrected chi connectivity index (χ1v) is 15.1. The predicted molar refractivity (Wildman–Crippen MR) is 164 cm³/mol. The Kier molecular flexibility index (Phi) is 9.48. The largest absolute Gasteiger partial charge is 0.439 e. The number of carbonyl (C=O) groups excluding carboxylic acids is 3. The van der Waals surface area contributed by atoms with Crippen LogP contribution in [0.15, 0.2) is 62.9 Å². The van der Waals surface area contributed by atoms with Gasteiger partial charge in [0, 0.05) is 28.7 Å². The van der Waals surface area contributed by atoms with Gasteiger partial charge in [0.1, 0.15) is 6.54 Å². The molecule has 11 heteroatoms. The number of benzene rings is 2. The van der Waals surface area contributed by atoms with Gasteiger partial charge in [-0.15, -0.1) is 0 Å². The standard InChI is InChI=1S/C32H38N6O5/c1-3-11-21(4-2)27(39)19-37-26-17-9-8-16-25(26)29(22-12-6-5-7-13-22)35-38(32(37)42)20-28(40)33-24-15-10-14-23(18-24)30-34-31(41)43-36-30/h8-10,14-18,21-22H,3-7,11-13,19-20H2,1-2H3,(H,33,40)(H,34,36,41). The van der Waals surface area contributed by atoms with Crippen LogP contribution in [0.2, 0.25) is 0 Å². The van der Waals surface area contributed by atoms with Crippen molar-refractivity contribution >= 4 is 34.8 Å². The van der Waals surface area contributed by atoms with Crippen molar-refractivity contribution in [3.8, 4) is 11.4 Å². The van der Waals surface area contributed by atoms with Crippen LogP contribution in [0.25, 0.3) is 11.4 Å². The van der Waals surface area contributed by atoms with Crippen molar-refractivity contribution in [2.75, 3.05) is 23.3 Å². The average molecular weight is 587 g/mol. The van der Waals surface area contributed by atoms with Crippen molar-refractivity contribution < 1.29 is 18.9 Å². The number of aromatic amines is 1. The van der Waals surface area contributed by atoms with Crippen molar-refractivity contribution in [1.29, 1.82) is 0 Å². The van der Waals surface area contributed by atoms with Crippen LogP contribution in [0, 0.1) is 11.8 Å². The molecule has 3 amide bonds. The molecule has 0 spiro atoms. The highest BCUT2D eigenvalue weighted by Crippen LogP contribution is 2.34. The number of nitrogens with zero attached hydrogens (tertiary/aromatic N) is 4. The lowest BCUT2D eigenvalue weighted by atomic mass is 9.83. The fourth-order valence-electron chi connectivity index (χ4n) is 5.99. The Balaban J connectivity index is 1.45. The number of carbonyl (C=O) groups is 3. The molecule has 226 valence electrons. The molecule has 1 aliphatic carbocycles. The zero-order chi connectivity index (χ0) is 30.3. The Hall–Kier alpha value is -4.54. The molecule has 1 aliphatic heterocycles. The molecule has 1 saturated carbocycles. The number of nitrogens with one attached hydrogen (secondary N) is 2. The van der Waals surface area contributed by atoms with Gasteiger partial charge in [0.2, 0.25) is 5.91 Å². The molecule has 43 heavy (non-hydrogen) atoms. The molecule has 2 aliphatic rings. The molecular weight excluding hydrogens is 548 g/mol. The number of Topliss-reactive ketones (excluding diaryl/α,β-unsaturated/α-hetero) is 1. The van der Waals surface area contributed by atoms with E-state index in [1.165, 1.54) is 9.91 Å². The SMILES string of the molecule is CCCC(CC)C(=O)CN1C(=O)N(CC(=O)Nc2cccc(-c3noc(=O)[nH]3)c2)N=C(C2CCCCC2)c2ccccc21. The lowest BCUT2D eigenvalue weighted by molar-refractivity contribution is -0.121. The topological polar surface area (TPSA) is 141 Å². The highest BCUT2D eigenvalue weighted by Gasteiger charge is 2.35. The number of ketones is 1. The van der Waals surface area contributed by atoms with Crippen molar-refractivity contribution in [1.82, 2.24) is 15.1 Å². The fraction of sp³-hybridized carbons (Fsp3) is 0.438. The number of H-pyrrole nitrogens is 1. The molecule has 0 bridgehead atoms. The van der Waals surface area contributed by atoms with Gasteiger partial charge < -0.3 is 5.32 Å². The maximum atomic E-state index is 14.1. The van der Waals surface area contributed by atoms with Gasteiger partial charge in [-0.2, -0.15) is 5.10 Å². The first-order valence-electron chi connectivity index (χ1n) is 15.1. The normalized spacial score (nSPS) is 16.3. The second-order valence-electron chi connectivity index (χ2n) is 11.2. The van der Waals surface area contributed by atoms with Gasteiger partial charge in [-0.3, -0.25) is 24.0 Å². The number of aromatic nitrogens is 2. The Morgan fingerprint density at radius 3 is 2.56 bits per heavy atom. The molecule has 1 fully saturated rings. The van der Waals surface area contributed by atoms with E-state index in [0.29, 0.717) is 23.4 Å². The van der Waals surface area contributed by atoms with E-state index in [1.54, 1.807) is 24.3 Å². The molecule has 3 aromatic rings. The Labute approximate surface area is 250 Å². The number of anilines is 2. The smallest absolute Gasteiger partial charge is 0.324 e. The number of para-hydroxylation sites is 1. The predicted octanol–water partition coefficient (Wildman–Crippen LogP) is 5.59. The van der Waals surface area contributed by atoms with Gasteiger partial charge in [0.25, 0.3) is 0 Å². The Bertz CT molecular complexity index is 1550. The van der Waals surface area contributed by atoms with Crippen molar-refractivity contribution in [2.45, 2.75) is 65.2 Å². The summed E-state index contributed by atoms with van der Waals surface area (Å²) in [6, 6.07) is 13.9. The highest BCUT2D eigenvalue weighted by molar-refractivity contribution is 6.13. The van der Waals surface area contributed by atoms with Crippen LogP contribution in [-0.2, 0) is 9.59 Å². The molecule has 0 radical (unpaired) electrons. The number of fused-ring (bicyclic) bond motifs is 1. The first kappa shape index (κ1) is 29.9. The van der Waals surface area contributed by atoms with E-state index in [1.807, 2.05) is 38.1 Å². The summed E-state index contributed by atoms with van der Waals surface area (Å²) in [7, 11) is 0. The number of hydrazone groups is 1. The first-order chi connectivity index (χ1) is 20.9. The average Bonchev–Trinajstić information content (AvgIpc) is 3.43. The Morgan fingerprint density at radius 1 is 1.05 bits per heavy atom. The summed E-state index contributed by atoms with van der Waals surface area (Å²) in [5.41, 5.74) is 3.25. The molecule has 1 unspecified atom stereocenters. The number of rotatable bonds is 11. The molecule has 2 N–H and O–H groups in total. The number of hydrogen-bond acceptors (Lipinski definition) is 7. The number of hydrogen-bond donors (Lipinski definition) is 2. The lowest BCUT2D eigenvalue weighted by Crippen LogP contribution is -2.46. The van der Waals surface area contributed by atoms with Crippen molar-refractivity contribution in [2.24, 2.45) is 16.9 Å². The molecule has 5 rings (SSSR count). The van der Waals surface area contributed by atoms with Gasteiger partial charge in [-0.25, -0.2) is 14.6 Å². The van der Waals surface area contributed by atoms with Crippen molar-refractivity contribution in [3.63, 3.8) is 0 Å². The van der Waals surface area contributed by atoms with Crippen LogP contribution >= 0.6 is 0 Å². The molecule has 2 heterocycles. The van der Waals surface area contributed by atoms with Crippen LogP contribution in [0.1, 0.15) is 70.8 Å². The third-order valence-electron chi connectivity index (χ3n) is 8.20. The van der Waals surface area contributed by atoms with Gasteiger partial charge in [-0.1, -0.05) is 75.0 Å². The minimum atomic E-state index is -0.681. The summed E-state index contributed by atoms with van der Waals surface area (Å²) in [4.78, 5) is 56.3. The van der Waals surface area contributed by atoms with Crippen LogP contribution in [0.3, 0.4) is 0 Å². The molecule has 2 aromatic carbocycles. The van der Waals surface area contributed by atoms with Gasteiger partial charge >= 0.3 is 11.8 Å². The third kappa shape index (κ3) is 6.93. The summed E-state index contributed by atoms with van der Waals surface area (Å²) in [6.07, 6.45) is 7.55. The highest BCUT2D eigenvalue weighted by atomic mass is 16.5. The van der Waals surface area contributed by atoms with Crippen LogP contribution in [0.5, 0.6) is 0 Å². The zero-order valence-electron chi connectivity index (χ0n) is 24.7. The van der Waals surface area contributed by atoms with E-state index in [9.17, 15) is 19.2 Å². The fourth-order valence-corrected chi connectivity index (χ4v) is 5.99. The van der Waals surface area contributed by atoms with Crippen LogP contribution in [-0.4, -0.2) is 51.7 Å². The minimum Gasteiger partial charge on any atom is -0.324 e. The second-order valence-corrected chi connectivity index (χ2v) is 11.2. The van der Waals surface area contributed by atoms with E-state index in [0.717, 1.165) is 56.2 Å². The summed E-state index contributed by atoms with van der Waals surface area (Å²) >= 11 is 0. The molecule has 1 atom stereocenters. The third-order valence-corrected chi connectivity index (χ3v) is 8.20. The maximum absolute atomic E-state index is 14.1.